The number of benzene rings is 3. The summed E-state index contributed by atoms with van der Waals surface area (Å²) in [6, 6.07) is 27.1. The van der Waals surface area contributed by atoms with E-state index in [-0.39, 0.29) is 0 Å². The van der Waals surface area contributed by atoms with Crippen molar-refractivity contribution in [2.45, 2.75) is 57.8 Å². The Morgan fingerprint density at radius 2 is 1.41 bits per heavy atom. The highest BCUT2D eigenvalue weighted by atomic mass is 14.3. The monoisotopic (exact) mass is 414 g/mol. The van der Waals surface area contributed by atoms with E-state index in [1.807, 2.05) is 0 Å². The molecular formula is C31H31B. The van der Waals surface area contributed by atoms with Gasteiger partial charge in [-0.25, -0.2) is 0 Å². The minimum atomic E-state index is 0.994. The van der Waals surface area contributed by atoms with Crippen LogP contribution in [0.5, 0.6) is 0 Å². The second kappa shape index (κ2) is 9.78. The van der Waals surface area contributed by atoms with Crippen LogP contribution >= 0.6 is 0 Å². The minimum Gasteiger partial charge on any atom is -0.117 e. The van der Waals surface area contributed by atoms with Crippen molar-refractivity contribution in [1.82, 2.24) is 0 Å². The van der Waals surface area contributed by atoms with Gasteiger partial charge in [0.25, 0.3) is 0 Å². The highest BCUT2D eigenvalue weighted by Crippen LogP contribution is 2.41. The van der Waals surface area contributed by atoms with Crippen LogP contribution in [0.25, 0.3) is 16.7 Å². The Morgan fingerprint density at radius 1 is 0.656 bits per heavy atom. The molecular weight excluding hydrogens is 383 g/mol. The third-order valence-corrected chi connectivity index (χ3v) is 7.01. The Balaban J connectivity index is 1.16. The molecule has 0 bridgehead atoms. The number of fused-ring (bicyclic) bond motifs is 2. The molecule has 0 fully saturated rings. The number of aryl methyl sites for hydroxylation is 2. The van der Waals surface area contributed by atoms with E-state index in [4.69, 9.17) is 7.85 Å². The predicted octanol–water partition coefficient (Wildman–Crippen LogP) is 7.86. The standard InChI is InChI=1S/C31H31B/c32-29-16-18-31-28(22-29)21-27-20-26(15-17-30(27)31)25-14-8-13-24(19-25)12-5-2-1-4-9-23-10-6-3-7-11-23/h3,6-8,10-11,13-15,17,19-20,22H,1-2,4-5,9,12,16,18,21H2. The van der Waals surface area contributed by atoms with Crippen LogP contribution in [-0.4, -0.2) is 7.85 Å². The number of allylic oxidation sites excluding steroid dienone is 4. The lowest BCUT2D eigenvalue weighted by Crippen LogP contribution is -1.94. The molecule has 0 unspecified atom stereocenters. The molecule has 2 aliphatic carbocycles. The number of hydrogen-bond donors (Lipinski definition) is 0. The third kappa shape index (κ3) is 4.83. The van der Waals surface area contributed by atoms with Crippen LogP contribution < -0.4 is 0 Å². The number of hydrogen-bond acceptors (Lipinski definition) is 0. The van der Waals surface area contributed by atoms with E-state index in [2.05, 4.69) is 78.9 Å². The van der Waals surface area contributed by atoms with Gasteiger partial charge in [-0.1, -0.05) is 91.7 Å². The average Bonchev–Trinajstić information content (AvgIpc) is 3.19. The Morgan fingerprint density at radius 3 is 2.25 bits per heavy atom. The van der Waals surface area contributed by atoms with Crippen LogP contribution in [0.2, 0.25) is 0 Å². The molecule has 0 atom stereocenters. The molecule has 0 amide bonds. The second-order valence-corrected chi connectivity index (χ2v) is 9.37. The van der Waals surface area contributed by atoms with Crippen LogP contribution in [0.1, 0.15) is 60.8 Å². The van der Waals surface area contributed by atoms with Crippen molar-refractivity contribution in [3.63, 3.8) is 0 Å². The molecule has 1 heteroatoms. The summed E-state index contributed by atoms with van der Waals surface area (Å²) in [6.07, 6.45) is 12.9. The summed E-state index contributed by atoms with van der Waals surface area (Å²) in [5.41, 5.74) is 12.5. The third-order valence-electron chi connectivity index (χ3n) is 7.01. The van der Waals surface area contributed by atoms with Crippen molar-refractivity contribution in [3.8, 4) is 11.1 Å². The fraction of sp³-hybridized carbons (Fsp3) is 0.290. The van der Waals surface area contributed by atoms with Crippen molar-refractivity contribution in [3.05, 3.63) is 112 Å². The van der Waals surface area contributed by atoms with Crippen molar-refractivity contribution >= 4 is 13.4 Å². The molecule has 0 aromatic heterocycles. The Labute approximate surface area is 194 Å². The van der Waals surface area contributed by atoms with Gasteiger partial charge in [0, 0.05) is 0 Å². The first kappa shape index (κ1) is 21.1. The van der Waals surface area contributed by atoms with Crippen molar-refractivity contribution in [2.24, 2.45) is 0 Å². The quantitative estimate of drug-likeness (QED) is 0.260. The van der Waals surface area contributed by atoms with Gasteiger partial charge in [0.05, 0.1) is 0 Å². The maximum atomic E-state index is 6.08. The maximum Gasteiger partial charge on any atom is 0.107 e. The summed E-state index contributed by atoms with van der Waals surface area (Å²) >= 11 is 0. The van der Waals surface area contributed by atoms with Crippen LogP contribution in [0.3, 0.4) is 0 Å². The lowest BCUT2D eigenvalue weighted by atomic mass is 9.82. The molecule has 0 N–H and O–H groups in total. The zero-order valence-electron chi connectivity index (χ0n) is 18.9. The molecule has 0 saturated heterocycles. The van der Waals surface area contributed by atoms with Gasteiger partial charge in [-0.15, -0.1) is 5.47 Å². The van der Waals surface area contributed by atoms with Crippen molar-refractivity contribution in [2.75, 3.05) is 0 Å². The number of rotatable bonds is 8. The summed E-state index contributed by atoms with van der Waals surface area (Å²) in [5.74, 6) is 0. The molecule has 3 aromatic rings. The zero-order valence-corrected chi connectivity index (χ0v) is 18.9. The summed E-state index contributed by atoms with van der Waals surface area (Å²) in [4.78, 5) is 0. The van der Waals surface area contributed by atoms with E-state index in [1.54, 1.807) is 0 Å². The first-order chi connectivity index (χ1) is 15.8. The normalized spacial score (nSPS) is 14.8. The first-order valence-electron chi connectivity index (χ1n) is 12.2. The van der Waals surface area contributed by atoms with Crippen LogP contribution in [-0.2, 0) is 19.3 Å². The molecule has 158 valence electrons. The molecule has 2 radical (unpaired) electrons. The van der Waals surface area contributed by atoms with Crippen LogP contribution in [0.15, 0.2) is 89.9 Å². The number of unbranched alkanes of at least 4 members (excludes halogenated alkanes) is 3. The first-order valence-corrected chi connectivity index (χ1v) is 12.2. The Kier molecular flexibility index (Phi) is 6.44. The van der Waals surface area contributed by atoms with Gasteiger partial charge in [-0.05, 0) is 89.5 Å². The lowest BCUT2D eigenvalue weighted by molar-refractivity contribution is 0.640. The van der Waals surface area contributed by atoms with Crippen molar-refractivity contribution in [1.29, 1.82) is 0 Å². The average molecular weight is 414 g/mol. The van der Waals surface area contributed by atoms with E-state index in [1.165, 1.54) is 83.1 Å². The molecule has 32 heavy (non-hydrogen) atoms. The highest BCUT2D eigenvalue weighted by Gasteiger charge is 2.22. The molecule has 0 spiro atoms. The summed E-state index contributed by atoms with van der Waals surface area (Å²) in [5, 5.41) is 0. The maximum absolute atomic E-state index is 6.08. The van der Waals surface area contributed by atoms with E-state index in [0.29, 0.717) is 0 Å². The zero-order chi connectivity index (χ0) is 21.8. The van der Waals surface area contributed by atoms with Gasteiger partial charge in [0.1, 0.15) is 7.85 Å². The van der Waals surface area contributed by atoms with Crippen molar-refractivity contribution < 1.29 is 0 Å². The molecule has 0 heterocycles. The van der Waals surface area contributed by atoms with E-state index in [9.17, 15) is 0 Å². The fourth-order valence-corrected chi connectivity index (χ4v) is 5.26. The van der Waals surface area contributed by atoms with E-state index >= 15 is 0 Å². The van der Waals surface area contributed by atoms with Gasteiger partial charge in [0.2, 0.25) is 0 Å². The lowest BCUT2D eigenvalue weighted by Gasteiger charge is -2.13. The predicted molar refractivity (Wildman–Crippen MR) is 138 cm³/mol. The van der Waals surface area contributed by atoms with Gasteiger partial charge in [-0.3, -0.25) is 0 Å². The summed E-state index contributed by atoms with van der Waals surface area (Å²) < 4.78 is 0. The second-order valence-electron chi connectivity index (χ2n) is 9.37. The van der Waals surface area contributed by atoms with E-state index < -0.39 is 0 Å². The SMILES string of the molecule is [B]C1=CC2=C(CC1)c1ccc(-c3cccc(CCCCCCc4ccccc4)c3)cc1C2. The summed E-state index contributed by atoms with van der Waals surface area (Å²) in [7, 11) is 6.08. The minimum absolute atomic E-state index is 0.994. The molecule has 0 saturated carbocycles. The van der Waals surface area contributed by atoms with Gasteiger partial charge in [0.15, 0.2) is 0 Å². The molecule has 0 nitrogen and oxygen atoms in total. The highest BCUT2D eigenvalue weighted by molar-refractivity contribution is 6.22. The van der Waals surface area contributed by atoms with Crippen LogP contribution in [0, 0.1) is 0 Å². The van der Waals surface area contributed by atoms with Gasteiger partial charge in [-0.2, -0.15) is 0 Å². The fourth-order valence-electron chi connectivity index (χ4n) is 5.26. The smallest absolute Gasteiger partial charge is 0.107 e. The van der Waals surface area contributed by atoms with Crippen LogP contribution in [0.4, 0.5) is 0 Å². The summed E-state index contributed by atoms with van der Waals surface area (Å²) in [6.45, 7) is 0. The Bertz CT molecular complexity index is 1150. The molecule has 3 aromatic carbocycles. The van der Waals surface area contributed by atoms with Gasteiger partial charge >= 0.3 is 0 Å². The molecule has 0 aliphatic heterocycles. The molecule has 5 rings (SSSR count). The largest absolute Gasteiger partial charge is 0.117 e. The molecule has 2 aliphatic rings. The topological polar surface area (TPSA) is 0 Å². The van der Waals surface area contributed by atoms with Gasteiger partial charge < -0.3 is 0 Å². The Hall–Kier alpha value is -2.80. The van der Waals surface area contributed by atoms with E-state index in [0.717, 1.165) is 24.7 Å².